The monoisotopic (exact) mass is 306 g/mol. The summed E-state index contributed by atoms with van der Waals surface area (Å²) in [7, 11) is 2.82. The number of benzene rings is 1. The number of hydrogen-bond acceptors (Lipinski definition) is 5. The maximum absolute atomic E-state index is 12.1. The van der Waals surface area contributed by atoms with E-state index in [1.165, 1.54) is 12.0 Å². The van der Waals surface area contributed by atoms with Crippen molar-refractivity contribution >= 4 is 17.8 Å². The largest absolute Gasteiger partial charge is 0.497 e. The molecule has 1 aliphatic heterocycles. The summed E-state index contributed by atoms with van der Waals surface area (Å²) in [5.41, 5.74) is 2.10. The minimum atomic E-state index is -0.803. The van der Waals surface area contributed by atoms with E-state index < -0.39 is 17.8 Å². The van der Waals surface area contributed by atoms with E-state index in [2.05, 4.69) is 10.1 Å². The van der Waals surface area contributed by atoms with Gasteiger partial charge in [-0.25, -0.2) is 0 Å². The van der Waals surface area contributed by atoms with Gasteiger partial charge >= 0.3 is 17.8 Å². The van der Waals surface area contributed by atoms with Crippen molar-refractivity contribution in [1.29, 1.82) is 0 Å². The van der Waals surface area contributed by atoms with Crippen molar-refractivity contribution in [3.05, 3.63) is 29.3 Å². The van der Waals surface area contributed by atoms with Gasteiger partial charge < -0.3 is 19.7 Å². The van der Waals surface area contributed by atoms with E-state index in [9.17, 15) is 14.4 Å². The highest BCUT2D eigenvalue weighted by atomic mass is 16.5. The smallest absolute Gasteiger partial charge is 0.325 e. The first kappa shape index (κ1) is 15.8. The molecule has 7 nitrogen and oxygen atoms in total. The van der Waals surface area contributed by atoms with Crippen molar-refractivity contribution in [2.75, 3.05) is 27.3 Å². The van der Waals surface area contributed by atoms with Gasteiger partial charge in [-0.1, -0.05) is 6.07 Å². The zero-order valence-corrected chi connectivity index (χ0v) is 12.5. The van der Waals surface area contributed by atoms with E-state index >= 15 is 0 Å². The molecule has 2 rings (SSSR count). The number of amides is 2. The molecular weight excluding hydrogens is 288 g/mol. The summed E-state index contributed by atoms with van der Waals surface area (Å²) in [6.07, 6.45) is 0.655. The molecule has 2 amide bonds. The second kappa shape index (κ2) is 6.93. The molecule has 1 aromatic rings. The number of nitrogens with one attached hydrogen (secondary N) is 1. The van der Waals surface area contributed by atoms with Gasteiger partial charge in [0.25, 0.3) is 0 Å². The molecule has 0 saturated heterocycles. The van der Waals surface area contributed by atoms with Crippen LogP contribution in [0, 0.1) is 0 Å². The normalized spacial score (nSPS) is 13.1. The molecule has 0 spiro atoms. The van der Waals surface area contributed by atoms with E-state index in [0.717, 1.165) is 16.9 Å². The molecule has 7 heteroatoms. The van der Waals surface area contributed by atoms with Gasteiger partial charge in [0.05, 0.1) is 14.2 Å². The summed E-state index contributed by atoms with van der Waals surface area (Å²) in [5, 5.41) is 2.25. The average molecular weight is 306 g/mol. The Morgan fingerprint density at radius 1 is 1.23 bits per heavy atom. The Morgan fingerprint density at radius 3 is 2.68 bits per heavy atom. The molecule has 0 radical (unpaired) electrons. The molecule has 0 fully saturated rings. The van der Waals surface area contributed by atoms with Gasteiger partial charge in [0.15, 0.2) is 0 Å². The number of rotatable bonds is 3. The van der Waals surface area contributed by atoms with Crippen LogP contribution in [0.5, 0.6) is 5.75 Å². The highest BCUT2D eigenvalue weighted by Gasteiger charge is 2.26. The van der Waals surface area contributed by atoms with Crippen LogP contribution >= 0.6 is 0 Å². The van der Waals surface area contributed by atoms with Crippen molar-refractivity contribution in [3.8, 4) is 5.75 Å². The van der Waals surface area contributed by atoms with E-state index in [1.54, 1.807) is 7.11 Å². The van der Waals surface area contributed by atoms with Crippen LogP contribution in [0.4, 0.5) is 0 Å². The summed E-state index contributed by atoms with van der Waals surface area (Å²) in [5.74, 6) is -1.28. The molecule has 0 aromatic heterocycles. The summed E-state index contributed by atoms with van der Waals surface area (Å²) in [4.78, 5) is 36.2. The van der Waals surface area contributed by atoms with Crippen molar-refractivity contribution < 1.29 is 23.9 Å². The van der Waals surface area contributed by atoms with Crippen molar-refractivity contribution in [3.63, 3.8) is 0 Å². The quantitative estimate of drug-likeness (QED) is 0.621. The third-order valence-corrected chi connectivity index (χ3v) is 3.53. The molecule has 0 unspecified atom stereocenters. The molecule has 22 heavy (non-hydrogen) atoms. The predicted molar refractivity (Wildman–Crippen MR) is 77.1 cm³/mol. The Hall–Kier alpha value is -2.57. The first-order valence-electron chi connectivity index (χ1n) is 6.85. The number of ether oxygens (including phenoxy) is 2. The van der Waals surface area contributed by atoms with E-state index in [-0.39, 0.29) is 6.54 Å². The van der Waals surface area contributed by atoms with Crippen molar-refractivity contribution in [2.24, 2.45) is 0 Å². The Kier molecular flexibility index (Phi) is 4.98. The maximum Gasteiger partial charge on any atom is 0.325 e. The molecular formula is C15H18N2O5. The number of methoxy groups -OCH3 is 2. The Morgan fingerprint density at radius 2 is 2.00 bits per heavy atom. The zero-order valence-electron chi connectivity index (χ0n) is 12.5. The lowest BCUT2D eigenvalue weighted by Gasteiger charge is -2.28. The number of nitrogens with zero attached hydrogens (tertiary/aromatic N) is 1. The van der Waals surface area contributed by atoms with Crippen LogP contribution in [0.3, 0.4) is 0 Å². The van der Waals surface area contributed by atoms with Crippen LogP contribution in [0.15, 0.2) is 18.2 Å². The fourth-order valence-electron chi connectivity index (χ4n) is 2.27. The van der Waals surface area contributed by atoms with Gasteiger partial charge in [-0.2, -0.15) is 0 Å². The molecule has 118 valence electrons. The lowest BCUT2D eigenvalue weighted by atomic mass is 9.99. The topological polar surface area (TPSA) is 84.9 Å². The van der Waals surface area contributed by atoms with Gasteiger partial charge in [0, 0.05) is 13.1 Å². The van der Waals surface area contributed by atoms with Gasteiger partial charge in [0.1, 0.15) is 12.3 Å². The van der Waals surface area contributed by atoms with Gasteiger partial charge in [0.2, 0.25) is 0 Å². The standard InChI is InChI=1S/C15H18N2O5/c1-21-12-4-3-11-9-17(6-5-10(11)7-12)15(20)14(19)16-8-13(18)22-2/h3-4,7H,5-6,8-9H2,1-2H3,(H,16,19). The van der Waals surface area contributed by atoms with E-state index in [4.69, 9.17) is 4.74 Å². The van der Waals surface area contributed by atoms with Crippen LogP contribution in [-0.4, -0.2) is 50.0 Å². The molecule has 1 aliphatic rings. The summed E-state index contributed by atoms with van der Waals surface area (Å²) in [6.45, 7) is 0.497. The second-order valence-corrected chi connectivity index (χ2v) is 4.87. The first-order chi connectivity index (χ1) is 10.5. The molecule has 1 aromatic carbocycles. The number of carbonyl (C=O) groups excluding carboxylic acids is 3. The van der Waals surface area contributed by atoms with Crippen LogP contribution < -0.4 is 10.1 Å². The van der Waals surface area contributed by atoms with E-state index in [0.29, 0.717) is 19.5 Å². The second-order valence-electron chi connectivity index (χ2n) is 4.87. The highest BCUT2D eigenvalue weighted by molar-refractivity contribution is 6.35. The van der Waals surface area contributed by atoms with Crippen LogP contribution in [0.2, 0.25) is 0 Å². The predicted octanol–water partition coefficient (Wildman–Crippen LogP) is -0.131. The fraction of sp³-hybridized carbons (Fsp3) is 0.400. The highest BCUT2D eigenvalue weighted by Crippen LogP contribution is 2.23. The third-order valence-electron chi connectivity index (χ3n) is 3.53. The molecule has 0 aliphatic carbocycles. The first-order valence-corrected chi connectivity index (χ1v) is 6.85. The number of hydrogen-bond donors (Lipinski definition) is 1. The van der Waals surface area contributed by atoms with Crippen LogP contribution in [0.1, 0.15) is 11.1 Å². The Labute approximate surface area is 128 Å². The molecule has 0 atom stereocenters. The summed E-state index contributed by atoms with van der Waals surface area (Å²) < 4.78 is 9.57. The SMILES string of the molecule is COC(=O)CNC(=O)C(=O)N1CCc2cc(OC)ccc2C1. The van der Waals surface area contributed by atoms with Crippen molar-refractivity contribution in [1.82, 2.24) is 10.2 Å². The number of esters is 1. The fourth-order valence-corrected chi connectivity index (χ4v) is 2.27. The lowest BCUT2D eigenvalue weighted by Crippen LogP contribution is -2.46. The summed E-state index contributed by atoms with van der Waals surface area (Å²) in [6, 6.07) is 5.65. The van der Waals surface area contributed by atoms with Crippen LogP contribution in [-0.2, 0) is 32.1 Å². The number of carbonyl (C=O) groups is 3. The minimum Gasteiger partial charge on any atom is -0.497 e. The number of fused-ring (bicyclic) bond motifs is 1. The lowest BCUT2D eigenvalue weighted by molar-refractivity contribution is -0.148. The molecule has 0 saturated carbocycles. The average Bonchev–Trinajstić information content (AvgIpc) is 2.57. The van der Waals surface area contributed by atoms with Crippen LogP contribution in [0.25, 0.3) is 0 Å². The minimum absolute atomic E-state index is 0.317. The molecule has 1 heterocycles. The van der Waals surface area contributed by atoms with Gasteiger partial charge in [-0.05, 0) is 29.7 Å². The Balaban J connectivity index is 1.98. The summed E-state index contributed by atoms with van der Waals surface area (Å²) >= 11 is 0. The molecule has 1 N–H and O–H groups in total. The van der Waals surface area contributed by atoms with Crippen molar-refractivity contribution in [2.45, 2.75) is 13.0 Å². The zero-order chi connectivity index (χ0) is 16.1. The Bertz CT molecular complexity index is 600. The maximum atomic E-state index is 12.1. The molecule has 0 bridgehead atoms. The van der Waals surface area contributed by atoms with Gasteiger partial charge in [-0.3, -0.25) is 14.4 Å². The third kappa shape index (κ3) is 3.55. The van der Waals surface area contributed by atoms with E-state index in [1.807, 2.05) is 18.2 Å². The van der Waals surface area contributed by atoms with Gasteiger partial charge in [-0.15, -0.1) is 0 Å².